The molecule has 96 valence electrons. The van der Waals surface area contributed by atoms with Crippen molar-refractivity contribution < 1.29 is 10.2 Å². The molecule has 0 aliphatic carbocycles. The van der Waals surface area contributed by atoms with Crippen molar-refractivity contribution >= 4 is 0 Å². The van der Waals surface area contributed by atoms with Crippen molar-refractivity contribution in [1.29, 1.82) is 0 Å². The van der Waals surface area contributed by atoms with Crippen molar-refractivity contribution in [2.45, 2.75) is 19.8 Å². The van der Waals surface area contributed by atoms with Gasteiger partial charge in [-0.2, -0.15) is 0 Å². The fourth-order valence-corrected chi connectivity index (χ4v) is 1.94. The Morgan fingerprint density at radius 2 is 1.56 bits per heavy atom. The summed E-state index contributed by atoms with van der Waals surface area (Å²) in [5.41, 5.74) is 3.80. The van der Waals surface area contributed by atoms with Gasteiger partial charge in [-0.25, -0.2) is 0 Å². The van der Waals surface area contributed by atoms with Crippen molar-refractivity contribution in [1.82, 2.24) is 0 Å². The zero-order valence-electron chi connectivity index (χ0n) is 10.9. The van der Waals surface area contributed by atoms with Crippen LogP contribution in [0.1, 0.15) is 23.6 Å². The molecule has 0 aromatic heterocycles. The fourth-order valence-electron chi connectivity index (χ4n) is 1.94. The molecule has 2 rings (SSSR count). The molecule has 2 N–H and O–H groups in total. The number of hydrogen-bond acceptors (Lipinski definition) is 2. The summed E-state index contributed by atoms with van der Waals surface area (Å²) >= 11 is 0. The molecular formula is C16H20O2. The molecule has 0 amide bonds. The number of rotatable bonds is 3. The van der Waals surface area contributed by atoms with Crippen molar-refractivity contribution in [3.8, 4) is 5.75 Å². The lowest BCUT2D eigenvalue weighted by molar-refractivity contribution is 0.399. The van der Waals surface area contributed by atoms with Crippen LogP contribution in [0.4, 0.5) is 0 Å². The molecule has 0 aliphatic rings. The highest BCUT2D eigenvalue weighted by molar-refractivity contribution is 5.38. The predicted octanol–water partition coefficient (Wildman–Crippen LogP) is 3.15. The number of aryl methyl sites for hydroxylation is 1. The molecule has 18 heavy (non-hydrogen) atoms. The Morgan fingerprint density at radius 1 is 0.889 bits per heavy atom. The van der Waals surface area contributed by atoms with Gasteiger partial charge < -0.3 is 10.2 Å². The first kappa shape index (κ1) is 14.3. The first-order valence-corrected chi connectivity index (χ1v) is 6.09. The SMILES string of the molecule is CCc1ccc(O)cc1Cc1ccccc1.CO. The highest BCUT2D eigenvalue weighted by atomic mass is 16.3. The van der Waals surface area contributed by atoms with Crippen molar-refractivity contribution in [2.75, 3.05) is 7.11 Å². The first-order chi connectivity index (χ1) is 8.79. The van der Waals surface area contributed by atoms with Gasteiger partial charge in [-0.15, -0.1) is 0 Å². The third-order valence-corrected chi connectivity index (χ3v) is 2.81. The van der Waals surface area contributed by atoms with Crippen LogP contribution < -0.4 is 0 Å². The maximum absolute atomic E-state index is 9.51. The van der Waals surface area contributed by atoms with E-state index in [9.17, 15) is 5.11 Å². The number of aliphatic hydroxyl groups excluding tert-OH is 1. The number of hydrogen-bond donors (Lipinski definition) is 2. The van der Waals surface area contributed by atoms with Gasteiger partial charge in [0, 0.05) is 7.11 Å². The van der Waals surface area contributed by atoms with Gasteiger partial charge in [-0.1, -0.05) is 43.3 Å². The van der Waals surface area contributed by atoms with E-state index in [0.717, 1.165) is 20.0 Å². The number of aromatic hydroxyl groups is 1. The first-order valence-electron chi connectivity index (χ1n) is 6.09. The summed E-state index contributed by atoms with van der Waals surface area (Å²) in [5.74, 6) is 0.350. The fraction of sp³-hybridized carbons (Fsp3) is 0.250. The second-order valence-electron chi connectivity index (χ2n) is 3.97. The topological polar surface area (TPSA) is 40.5 Å². The van der Waals surface area contributed by atoms with Gasteiger partial charge in [0.25, 0.3) is 0 Å². The zero-order chi connectivity index (χ0) is 13.4. The van der Waals surface area contributed by atoms with Crippen molar-refractivity contribution in [2.24, 2.45) is 0 Å². The van der Waals surface area contributed by atoms with Crippen LogP contribution >= 0.6 is 0 Å². The summed E-state index contributed by atoms with van der Waals surface area (Å²) < 4.78 is 0. The van der Waals surface area contributed by atoms with Gasteiger partial charge in [0.15, 0.2) is 0 Å². The van der Waals surface area contributed by atoms with Gasteiger partial charge in [-0.05, 0) is 41.7 Å². The van der Waals surface area contributed by atoms with Gasteiger partial charge in [-0.3, -0.25) is 0 Å². The second-order valence-corrected chi connectivity index (χ2v) is 3.97. The third kappa shape index (κ3) is 3.90. The van der Waals surface area contributed by atoms with Crippen LogP contribution in [0.15, 0.2) is 48.5 Å². The van der Waals surface area contributed by atoms with Gasteiger partial charge >= 0.3 is 0 Å². The van der Waals surface area contributed by atoms with Crippen LogP contribution in [0, 0.1) is 0 Å². The average Bonchev–Trinajstić information content (AvgIpc) is 2.42. The average molecular weight is 244 g/mol. The summed E-state index contributed by atoms with van der Waals surface area (Å²) in [5, 5.41) is 16.5. The molecule has 0 heterocycles. The highest BCUT2D eigenvalue weighted by Crippen LogP contribution is 2.20. The molecule has 0 saturated heterocycles. The Kier molecular flexibility index (Phi) is 5.95. The molecule has 0 radical (unpaired) electrons. The Balaban J connectivity index is 0.000000771. The summed E-state index contributed by atoms with van der Waals surface area (Å²) in [7, 11) is 1.00. The normalized spacial score (nSPS) is 9.50. The minimum Gasteiger partial charge on any atom is -0.508 e. The van der Waals surface area contributed by atoms with E-state index in [0.29, 0.717) is 5.75 Å². The molecule has 0 unspecified atom stereocenters. The van der Waals surface area contributed by atoms with Gasteiger partial charge in [0.05, 0.1) is 0 Å². The largest absolute Gasteiger partial charge is 0.508 e. The van der Waals surface area contributed by atoms with Crippen LogP contribution in [-0.4, -0.2) is 17.3 Å². The standard InChI is InChI=1S/C15H16O.CH4O/c1-2-13-8-9-15(16)11-14(13)10-12-6-4-3-5-7-12;1-2/h3-9,11,16H,2,10H2,1H3;2H,1H3. The molecule has 0 fully saturated rings. The molecule has 0 atom stereocenters. The van der Waals surface area contributed by atoms with Crippen molar-refractivity contribution in [3.63, 3.8) is 0 Å². The van der Waals surface area contributed by atoms with Gasteiger partial charge in [0.2, 0.25) is 0 Å². The maximum atomic E-state index is 9.51. The minimum atomic E-state index is 0.350. The highest BCUT2D eigenvalue weighted by Gasteiger charge is 2.03. The number of benzene rings is 2. The Bertz CT molecular complexity index is 464. The van der Waals surface area contributed by atoms with Crippen LogP contribution in [0.2, 0.25) is 0 Å². The lowest BCUT2D eigenvalue weighted by Gasteiger charge is -2.08. The van der Waals surface area contributed by atoms with Crippen LogP contribution in [-0.2, 0) is 12.8 Å². The monoisotopic (exact) mass is 244 g/mol. The lowest BCUT2D eigenvalue weighted by Crippen LogP contribution is -1.94. The second kappa shape index (κ2) is 7.51. The number of aliphatic hydroxyl groups is 1. The molecule has 0 saturated carbocycles. The van der Waals surface area contributed by atoms with E-state index in [1.54, 1.807) is 6.07 Å². The van der Waals surface area contributed by atoms with Crippen LogP contribution in [0.3, 0.4) is 0 Å². The molecule has 2 nitrogen and oxygen atoms in total. The Labute approximate surface area is 109 Å². The summed E-state index contributed by atoms with van der Waals surface area (Å²) in [4.78, 5) is 0. The van der Waals surface area contributed by atoms with E-state index < -0.39 is 0 Å². The molecule has 2 aromatic carbocycles. The van der Waals surface area contributed by atoms with Crippen LogP contribution in [0.25, 0.3) is 0 Å². The lowest BCUT2D eigenvalue weighted by atomic mass is 9.98. The summed E-state index contributed by atoms with van der Waals surface area (Å²) in [6, 6.07) is 16.0. The number of phenols is 1. The minimum absolute atomic E-state index is 0.350. The predicted molar refractivity (Wildman–Crippen MR) is 74.9 cm³/mol. The smallest absolute Gasteiger partial charge is 0.115 e. The molecule has 0 spiro atoms. The number of phenolic OH excluding ortho intramolecular Hbond substituents is 1. The van der Waals surface area contributed by atoms with Crippen LogP contribution in [0.5, 0.6) is 5.75 Å². The third-order valence-electron chi connectivity index (χ3n) is 2.81. The maximum Gasteiger partial charge on any atom is 0.115 e. The van der Waals surface area contributed by atoms with E-state index >= 15 is 0 Å². The van der Waals surface area contributed by atoms with E-state index in [2.05, 4.69) is 19.1 Å². The van der Waals surface area contributed by atoms with E-state index in [4.69, 9.17) is 5.11 Å². The molecular weight excluding hydrogens is 224 g/mol. The molecule has 2 aromatic rings. The Hall–Kier alpha value is -1.80. The molecule has 0 bridgehead atoms. The zero-order valence-corrected chi connectivity index (χ0v) is 10.9. The van der Waals surface area contributed by atoms with Gasteiger partial charge in [0.1, 0.15) is 5.75 Å². The summed E-state index contributed by atoms with van der Waals surface area (Å²) in [6.07, 6.45) is 1.89. The summed E-state index contributed by atoms with van der Waals surface area (Å²) in [6.45, 7) is 2.14. The quantitative estimate of drug-likeness (QED) is 0.870. The Morgan fingerprint density at radius 3 is 2.17 bits per heavy atom. The molecule has 0 aliphatic heterocycles. The van der Waals surface area contributed by atoms with E-state index in [1.165, 1.54) is 16.7 Å². The van der Waals surface area contributed by atoms with E-state index in [-0.39, 0.29) is 0 Å². The molecule has 2 heteroatoms. The van der Waals surface area contributed by atoms with E-state index in [1.807, 2.05) is 30.3 Å². The van der Waals surface area contributed by atoms with Crippen molar-refractivity contribution in [3.05, 3.63) is 65.2 Å².